The Balaban J connectivity index is 2.64. The summed E-state index contributed by atoms with van der Waals surface area (Å²) in [5, 5.41) is 18.5. The number of H-pyrrole nitrogens is 1. The Hall–Kier alpha value is -1.67. The molecular weight excluding hydrogens is 313 g/mol. The number of rotatable bonds is 2. The summed E-state index contributed by atoms with van der Waals surface area (Å²) in [6, 6.07) is 0. The third-order valence-corrected chi connectivity index (χ3v) is 3.38. The minimum atomic E-state index is -3.24. The molecule has 0 radical (unpaired) electrons. The molecule has 0 amide bonds. The van der Waals surface area contributed by atoms with E-state index < -0.39 is 46.6 Å². The van der Waals surface area contributed by atoms with Crippen molar-refractivity contribution in [2.75, 3.05) is 6.61 Å². The molecule has 0 aliphatic carbocycles. The number of aromatic nitrogens is 2. The summed E-state index contributed by atoms with van der Waals surface area (Å²) < 4.78 is 46.3. The highest BCUT2D eigenvalue weighted by Gasteiger charge is 2.66. The van der Waals surface area contributed by atoms with Crippen LogP contribution < -0.4 is 5.69 Å². The van der Waals surface area contributed by atoms with Crippen molar-refractivity contribution in [3.8, 4) is 12.3 Å². The van der Waals surface area contributed by atoms with Gasteiger partial charge < -0.3 is 14.9 Å². The monoisotopic (exact) mass is 322 g/mol. The van der Waals surface area contributed by atoms with Crippen molar-refractivity contribution in [2.24, 2.45) is 0 Å². The van der Waals surface area contributed by atoms with E-state index in [9.17, 15) is 23.1 Å². The maximum atomic E-state index is 14.6. The van der Waals surface area contributed by atoms with Crippen LogP contribution >= 0.6 is 12.2 Å². The molecule has 21 heavy (non-hydrogen) atoms. The van der Waals surface area contributed by atoms with E-state index >= 15 is 0 Å². The Morgan fingerprint density at radius 1 is 1.62 bits per heavy atom. The van der Waals surface area contributed by atoms with E-state index in [-0.39, 0.29) is 4.57 Å². The fraction of sp³-hybridized carbons (Fsp3) is 0.455. The van der Waals surface area contributed by atoms with Gasteiger partial charge in [-0.2, -0.15) is 0 Å². The molecule has 10 heteroatoms. The predicted molar refractivity (Wildman–Crippen MR) is 65.6 cm³/mol. The van der Waals surface area contributed by atoms with E-state index in [1.807, 2.05) is 4.98 Å². The highest BCUT2D eigenvalue weighted by molar-refractivity contribution is 7.71. The molecule has 4 atom stereocenters. The summed E-state index contributed by atoms with van der Waals surface area (Å²) in [6.07, 6.45) is 0.621. The fourth-order valence-corrected chi connectivity index (χ4v) is 2.09. The van der Waals surface area contributed by atoms with Crippen molar-refractivity contribution in [2.45, 2.75) is 23.9 Å². The van der Waals surface area contributed by atoms with Gasteiger partial charge in [0.25, 0.3) is 5.85 Å². The summed E-state index contributed by atoms with van der Waals surface area (Å²) in [4.78, 5) is 13.6. The lowest BCUT2D eigenvalue weighted by molar-refractivity contribution is -0.207. The predicted octanol–water partition coefficient (Wildman–Crippen LogP) is -0.0657. The zero-order valence-electron chi connectivity index (χ0n) is 10.2. The van der Waals surface area contributed by atoms with Gasteiger partial charge in [-0.1, -0.05) is 18.1 Å². The van der Waals surface area contributed by atoms with Gasteiger partial charge in [-0.15, -0.1) is 6.42 Å². The second-order valence-electron chi connectivity index (χ2n) is 4.37. The second-order valence-corrected chi connectivity index (χ2v) is 4.78. The molecule has 0 spiro atoms. The summed E-state index contributed by atoms with van der Waals surface area (Å²) in [7, 11) is 0. The van der Waals surface area contributed by atoms with Crippen LogP contribution in [0.5, 0.6) is 0 Å². The second kappa shape index (κ2) is 4.96. The smallest absolute Gasteiger partial charge is 0.328 e. The Kier molecular flexibility index (Phi) is 3.71. The minimum Gasteiger partial charge on any atom is -0.390 e. The molecule has 1 saturated heterocycles. The first kappa shape index (κ1) is 15.7. The average molecular weight is 322 g/mol. The molecule has 2 heterocycles. The van der Waals surface area contributed by atoms with Gasteiger partial charge in [0.2, 0.25) is 5.67 Å². The number of aliphatic hydroxyl groups is 2. The number of hydrogen-bond donors (Lipinski definition) is 3. The molecular formula is C11H9F3N2O4S. The van der Waals surface area contributed by atoms with Gasteiger partial charge in [-0.3, -0.25) is 9.55 Å². The van der Waals surface area contributed by atoms with Crippen LogP contribution in [0, 0.1) is 22.8 Å². The van der Waals surface area contributed by atoms with Crippen LogP contribution in [0.2, 0.25) is 0 Å². The molecule has 0 saturated carbocycles. The number of ether oxygens (including phenoxy) is 1. The van der Waals surface area contributed by atoms with Gasteiger partial charge in [0, 0.05) is 0 Å². The molecule has 1 aliphatic rings. The molecule has 6 nitrogen and oxygen atoms in total. The number of aliphatic hydroxyl groups excluding tert-OH is 2. The lowest BCUT2D eigenvalue weighted by atomic mass is 9.96. The third kappa shape index (κ3) is 2.18. The Morgan fingerprint density at radius 2 is 2.24 bits per heavy atom. The normalized spacial score (nSPS) is 35.6. The van der Waals surface area contributed by atoms with E-state index in [1.165, 1.54) is 5.92 Å². The van der Waals surface area contributed by atoms with Gasteiger partial charge in [0.05, 0.1) is 6.20 Å². The van der Waals surface area contributed by atoms with Gasteiger partial charge in [-0.05, 0) is 0 Å². The number of halogens is 3. The van der Waals surface area contributed by atoms with Crippen molar-refractivity contribution >= 4 is 12.2 Å². The lowest BCUT2D eigenvalue weighted by Gasteiger charge is -2.23. The number of hydrogen-bond acceptors (Lipinski definition) is 5. The van der Waals surface area contributed by atoms with Crippen LogP contribution in [0.3, 0.4) is 0 Å². The van der Waals surface area contributed by atoms with Crippen LogP contribution in [0.15, 0.2) is 11.0 Å². The zero-order valence-corrected chi connectivity index (χ0v) is 11.0. The van der Waals surface area contributed by atoms with Gasteiger partial charge in [0.15, 0.2) is 18.1 Å². The standard InChI is InChI=1S/C11H9F3N2O4S/c1-2-10(13)7(18)11(14,4-17)20-8(10)16-3-5(12)6(21)15-9(16)19/h1,3,7-8,17-18H,4H2,(H,15,19,21)/t7?,8-,10?,11-/m1/s1. The van der Waals surface area contributed by atoms with Crippen LogP contribution in [0.4, 0.5) is 13.2 Å². The van der Waals surface area contributed by atoms with Crippen molar-refractivity contribution in [3.63, 3.8) is 0 Å². The largest absolute Gasteiger partial charge is 0.390 e. The quantitative estimate of drug-likeness (QED) is 0.524. The van der Waals surface area contributed by atoms with E-state index in [4.69, 9.17) is 11.5 Å². The van der Waals surface area contributed by atoms with Crippen LogP contribution in [-0.2, 0) is 4.74 Å². The topological polar surface area (TPSA) is 87.5 Å². The van der Waals surface area contributed by atoms with Crippen molar-refractivity contribution < 1.29 is 28.1 Å². The molecule has 0 bridgehead atoms. The highest BCUT2D eigenvalue weighted by Crippen LogP contribution is 2.46. The lowest BCUT2D eigenvalue weighted by Crippen LogP contribution is -2.48. The number of alkyl halides is 2. The van der Waals surface area contributed by atoms with E-state index in [0.29, 0.717) is 6.20 Å². The van der Waals surface area contributed by atoms with Crippen molar-refractivity contribution in [3.05, 3.63) is 27.1 Å². The zero-order chi connectivity index (χ0) is 16.0. The molecule has 1 aliphatic heterocycles. The maximum Gasteiger partial charge on any atom is 0.328 e. The number of terminal acetylenes is 1. The van der Waals surface area contributed by atoms with Crippen molar-refractivity contribution in [1.82, 2.24) is 9.55 Å². The van der Waals surface area contributed by atoms with E-state index in [0.717, 1.165) is 0 Å². The first-order valence-corrected chi connectivity index (χ1v) is 5.93. The van der Waals surface area contributed by atoms with E-state index in [1.54, 1.807) is 0 Å². The summed E-state index contributed by atoms with van der Waals surface area (Å²) in [6.45, 7) is -1.42. The molecule has 1 aromatic rings. The minimum absolute atomic E-state index is 0.283. The molecule has 1 fully saturated rings. The van der Waals surface area contributed by atoms with Gasteiger partial charge in [0.1, 0.15) is 11.2 Å². The first-order valence-electron chi connectivity index (χ1n) is 5.53. The van der Waals surface area contributed by atoms with E-state index in [2.05, 4.69) is 17.0 Å². The fourth-order valence-electron chi connectivity index (χ4n) is 1.95. The first-order chi connectivity index (χ1) is 9.69. The molecule has 2 unspecified atom stereocenters. The SMILES string of the molecule is C#CC1(F)C(O)[C@@](F)(CO)O[C@H]1n1cc(F)c(=S)[nH]c1=O. The van der Waals surface area contributed by atoms with Crippen LogP contribution in [-0.4, -0.2) is 44.0 Å². The van der Waals surface area contributed by atoms with Crippen LogP contribution in [0.1, 0.15) is 6.23 Å². The molecule has 114 valence electrons. The summed E-state index contributed by atoms with van der Waals surface area (Å²) >= 11 is 4.47. The Labute approximate surface area is 120 Å². The average Bonchev–Trinajstić information content (AvgIpc) is 2.66. The van der Waals surface area contributed by atoms with Gasteiger partial charge in [-0.25, -0.2) is 18.0 Å². The Morgan fingerprint density at radius 3 is 2.76 bits per heavy atom. The molecule has 3 N–H and O–H groups in total. The molecule has 2 rings (SSSR count). The van der Waals surface area contributed by atoms with Crippen molar-refractivity contribution in [1.29, 1.82) is 0 Å². The van der Waals surface area contributed by atoms with Gasteiger partial charge >= 0.3 is 5.69 Å². The number of nitrogens with zero attached hydrogens (tertiary/aromatic N) is 1. The number of nitrogens with one attached hydrogen (secondary N) is 1. The third-order valence-electron chi connectivity index (χ3n) is 3.09. The summed E-state index contributed by atoms with van der Waals surface area (Å²) in [5.41, 5.74) is -4.33. The Bertz CT molecular complexity index is 729. The molecule has 1 aromatic heterocycles. The maximum absolute atomic E-state index is 14.6. The molecule has 0 aromatic carbocycles. The highest BCUT2D eigenvalue weighted by atomic mass is 32.1. The number of aromatic amines is 1. The summed E-state index contributed by atoms with van der Waals surface area (Å²) in [5.74, 6) is -2.88. The van der Waals surface area contributed by atoms with Crippen LogP contribution in [0.25, 0.3) is 0 Å².